The summed E-state index contributed by atoms with van der Waals surface area (Å²) in [5.74, 6) is -0.333. The smallest absolute Gasteiger partial charge is 0.131 e. The quantitative estimate of drug-likeness (QED) is 0.573. The van der Waals surface area contributed by atoms with Crippen molar-refractivity contribution in [3.8, 4) is 0 Å². The second kappa shape index (κ2) is 2.60. The van der Waals surface area contributed by atoms with Crippen LogP contribution >= 0.6 is 0 Å². The van der Waals surface area contributed by atoms with Gasteiger partial charge < -0.3 is 5.41 Å². The van der Waals surface area contributed by atoms with E-state index in [1.807, 2.05) is 6.92 Å². The zero-order valence-electron chi connectivity index (χ0n) is 5.69. The molecule has 0 amide bonds. The van der Waals surface area contributed by atoms with Crippen molar-refractivity contribution in [3.05, 3.63) is 35.1 Å². The van der Waals surface area contributed by atoms with Gasteiger partial charge in [0.25, 0.3) is 0 Å². The minimum atomic E-state index is -0.333. The van der Waals surface area contributed by atoms with Gasteiger partial charge in [0, 0.05) is 11.8 Å². The van der Waals surface area contributed by atoms with Gasteiger partial charge in [-0.15, -0.1) is 0 Å². The molecule has 0 bridgehead atoms. The molecule has 52 valence electrons. The highest BCUT2D eigenvalue weighted by Crippen LogP contribution is 2.06. The first-order valence-corrected chi connectivity index (χ1v) is 3.00. The minimum absolute atomic E-state index is 0.333. The van der Waals surface area contributed by atoms with Crippen LogP contribution in [0.25, 0.3) is 0 Å². The van der Waals surface area contributed by atoms with Crippen LogP contribution < -0.4 is 0 Å². The molecule has 0 aliphatic rings. The van der Waals surface area contributed by atoms with Crippen LogP contribution in [0, 0.1) is 18.2 Å². The average Bonchev–Trinajstić information content (AvgIpc) is 1.94. The molecule has 0 radical (unpaired) electrons. The molecule has 0 heterocycles. The van der Waals surface area contributed by atoms with Crippen LogP contribution in [-0.4, -0.2) is 6.21 Å². The van der Waals surface area contributed by atoms with Crippen LogP contribution in [0.3, 0.4) is 0 Å². The maximum atomic E-state index is 12.6. The van der Waals surface area contributed by atoms with Crippen molar-refractivity contribution in [1.29, 1.82) is 5.41 Å². The largest absolute Gasteiger partial charge is 0.308 e. The zero-order chi connectivity index (χ0) is 7.56. The SMILES string of the molecule is Cc1ccc(F)c(C=N)c1. The first-order valence-electron chi connectivity index (χ1n) is 3.00. The summed E-state index contributed by atoms with van der Waals surface area (Å²) in [5.41, 5.74) is 1.32. The molecule has 1 nitrogen and oxygen atoms in total. The molecule has 0 spiro atoms. The van der Waals surface area contributed by atoms with Crippen molar-refractivity contribution in [2.75, 3.05) is 0 Å². The molecule has 0 aliphatic heterocycles. The van der Waals surface area contributed by atoms with Crippen molar-refractivity contribution >= 4 is 6.21 Å². The van der Waals surface area contributed by atoms with E-state index in [1.54, 1.807) is 12.1 Å². The van der Waals surface area contributed by atoms with Crippen LogP contribution in [-0.2, 0) is 0 Å². The molecular formula is C8H8FN. The van der Waals surface area contributed by atoms with Gasteiger partial charge in [0.15, 0.2) is 0 Å². The monoisotopic (exact) mass is 137 g/mol. The Kier molecular flexibility index (Phi) is 1.81. The number of benzene rings is 1. The van der Waals surface area contributed by atoms with Crippen LogP contribution in [0.2, 0.25) is 0 Å². The molecule has 0 atom stereocenters. The molecule has 1 rings (SSSR count). The fraction of sp³-hybridized carbons (Fsp3) is 0.125. The number of hydrogen-bond acceptors (Lipinski definition) is 1. The summed E-state index contributed by atoms with van der Waals surface area (Å²) in [7, 11) is 0. The van der Waals surface area contributed by atoms with Gasteiger partial charge in [-0.25, -0.2) is 4.39 Å². The Labute approximate surface area is 59.0 Å². The summed E-state index contributed by atoms with van der Waals surface area (Å²) >= 11 is 0. The molecule has 0 unspecified atom stereocenters. The molecular weight excluding hydrogens is 129 g/mol. The van der Waals surface area contributed by atoms with Crippen LogP contribution in [0.1, 0.15) is 11.1 Å². The predicted octanol–water partition coefficient (Wildman–Crippen LogP) is 2.13. The van der Waals surface area contributed by atoms with Crippen molar-refractivity contribution < 1.29 is 4.39 Å². The van der Waals surface area contributed by atoms with Crippen LogP contribution in [0.5, 0.6) is 0 Å². The summed E-state index contributed by atoms with van der Waals surface area (Å²) in [5, 5.41) is 6.82. The minimum Gasteiger partial charge on any atom is -0.308 e. The maximum absolute atomic E-state index is 12.6. The third-order valence-corrected chi connectivity index (χ3v) is 1.31. The van der Waals surface area contributed by atoms with Crippen molar-refractivity contribution in [2.24, 2.45) is 0 Å². The molecule has 0 saturated heterocycles. The molecule has 1 aromatic carbocycles. The van der Waals surface area contributed by atoms with Gasteiger partial charge in [0.05, 0.1) is 0 Å². The van der Waals surface area contributed by atoms with Crippen LogP contribution in [0.4, 0.5) is 4.39 Å². The molecule has 0 aliphatic carbocycles. The first kappa shape index (κ1) is 6.93. The lowest BCUT2D eigenvalue weighted by atomic mass is 10.1. The summed E-state index contributed by atoms with van der Waals surface area (Å²) in [6, 6.07) is 4.69. The number of aryl methyl sites for hydroxylation is 1. The van der Waals surface area contributed by atoms with E-state index in [1.165, 1.54) is 6.07 Å². The van der Waals surface area contributed by atoms with Crippen molar-refractivity contribution in [3.63, 3.8) is 0 Å². The van der Waals surface area contributed by atoms with E-state index < -0.39 is 0 Å². The lowest BCUT2D eigenvalue weighted by Crippen LogP contribution is -1.86. The third-order valence-electron chi connectivity index (χ3n) is 1.31. The van der Waals surface area contributed by atoms with Gasteiger partial charge in [0.2, 0.25) is 0 Å². The Bertz CT molecular complexity index is 255. The Morgan fingerprint density at radius 3 is 2.70 bits per heavy atom. The molecule has 10 heavy (non-hydrogen) atoms. The summed E-state index contributed by atoms with van der Waals surface area (Å²) < 4.78 is 12.6. The van der Waals surface area contributed by atoms with E-state index in [-0.39, 0.29) is 5.82 Å². The predicted molar refractivity (Wildman–Crippen MR) is 39.0 cm³/mol. The standard InChI is InChI=1S/C8H8FN/c1-6-2-3-8(9)7(4-6)5-10/h2-5,10H,1H3. The van der Waals surface area contributed by atoms with E-state index in [9.17, 15) is 4.39 Å². The lowest BCUT2D eigenvalue weighted by molar-refractivity contribution is 0.625. The van der Waals surface area contributed by atoms with E-state index >= 15 is 0 Å². The molecule has 0 aromatic heterocycles. The molecule has 1 N–H and O–H groups in total. The number of hydrogen-bond donors (Lipinski definition) is 1. The van der Waals surface area contributed by atoms with Gasteiger partial charge in [-0.1, -0.05) is 11.6 Å². The molecule has 1 aromatic rings. The third kappa shape index (κ3) is 1.21. The van der Waals surface area contributed by atoms with Gasteiger partial charge in [-0.2, -0.15) is 0 Å². The fourth-order valence-corrected chi connectivity index (χ4v) is 0.774. The maximum Gasteiger partial charge on any atom is 0.131 e. The lowest BCUT2D eigenvalue weighted by Gasteiger charge is -1.95. The van der Waals surface area contributed by atoms with Gasteiger partial charge in [0.1, 0.15) is 5.82 Å². The van der Waals surface area contributed by atoms with Gasteiger partial charge >= 0.3 is 0 Å². The first-order chi connectivity index (χ1) is 4.74. The molecule has 2 heteroatoms. The highest BCUT2D eigenvalue weighted by molar-refractivity contribution is 5.77. The Hall–Kier alpha value is -1.18. The Balaban J connectivity index is 3.21. The topological polar surface area (TPSA) is 23.9 Å². The highest BCUT2D eigenvalue weighted by Gasteiger charge is 1.96. The summed E-state index contributed by atoms with van der Waals surface area (Å²) in [4.78, 5) is 0. The number of rotatable bonds is 1. The summed E-state index contributed by atoms with van der Waals surface area (Å²) in [6.07, 6.45) is 1.02. The second-order valence-corrected chi connectivity index (χ2v) is 2.17. The normalized spacial score (nSPS) is 9.40. The van der Waals surface area contributed by atoms with Crippen LogP contribution in [0.15, 0.2) is 18.2 Å². The number of halogens is 1. The van der Waals surface area contributed by atoms with E-state index in [4.69, 9.17) is 5.41 Å². The Morgan fingerprint density at radius 1 is 1.50 bits per heavy atom. The number of nitrogens with one attached hydrogen (secondary N) is 1. The van der Waals surface area contributed by atoms with Crippen molar-refractivity contribution in [2.45, 2.75) is 6.92 Å². The Morgan fingerprint density at radius 2 is 2.20 bits per heavy atom. The van der Waals surface area contributed by atoms with E-state index in [0.29, 0.717) is 5.56 Å². The summed E-state index contributed by atoms with van der Waals surface area (Å²) in [6.45, 7) is 1.87. The fourth-order valence-electron chi connectivity index (χ4n) is 0.774. The van der Waals surface area contributed by atoms with Gasteiger partial charge in [-0.3, -0.25) is 0 Å². The molecule has 0 fully saturated rings. The second-order valence-electron chi connectivity index (χ2n) is 2.17. The molecule has 0 saturated carbocycles. The van der Waals surface area contributed by atoms with Crippen molar-refractivity contribution in [1.82, 2.24) is 0 Å². The zero-order valence-corrected chi connectivity index (χ0v) is 5.69. The van der Waals surface area contributed by atoms with E-state index in [2.05, 4.69) is 0 Å². The van der Waals surface area contributed by atoms with Gasteiger partial charge in [-0.05, 0) is 19.1 Å². The van der Waals surface area contributed by atoms with E-state index in [0.717, 1.165) is 11.8 Å². The average molecular weight is 137 g/mol. The highest BCUT2D eigenvalue weighted by atomic mass is 19.1.